The van der Waals surface area contributed by atoms with Crippen molar-refractivity contribution < 1.29 is 4.79 Å². The van der Waals surface area contributed by atoms with Crippen molar-refractivity contribution in [3.8, 4) is 0 Å². The molecule has 0 radical (unpaired) electrons. The molecule has 6 heteroatoms. The van der Waals surface area contributed by atoms with Crippen LogP contribution in [-0.4, -0.2) is 34.9 Å². The Morgan fingerprint density at radius 1 is 1.48 bits per heavy atom. The van der Waals surface area contributed by atoms with E-state index in [9.17, 15) is 4.79 Å². The number of aromatic nitrogens is 1. The van der Waals surface area contributed by atoms with Crippen LogP contribution in [0.1, 0.15) is 55.0 Å². The average Bonchev–Trinajstić information content (AvgIpc) is 3.06. The summed E-state index contributed by atoms with van der Waals surface area (Å²) in [5.41, 5.74) is 6.15. The summed E-state index contributed by atoms with van der Waals surface area (Å²) in [6, 6.07) is 0.407. The molecule has 0 aromatic carbocycles. The van der Waals surface area contributed by atoms with E-state index in [2.05, 4.69) is 23.7 Å². The lowest BCUT2D eigenvalue weighted by Crippen LogP contribution is -2.41. The first-order valence-electron chi connectivity index (χ1n) is 7.57. The van der Waals surface area contributed by atoms with E-state index in [1.54, 1.807) is 11.3 Å². The predicted molar refractivity (Wildman–Crippen MR) is 90.3 cm³/mol. The van der Waals surface area contributed by atoms with E-state index < -0.39 is 0 Å². The van der Waals surface area contributed by atoms with Crippen LogP contribution in [0.15, 0.2) is 5.38 Å². The molecule has 2 rings (SSSR count). The second kappa shape index (κ2) is 8.71. The molecule has 1 fully saturated rings. The van der Waals surface area contributed by atoms with Crippen molar-refractivity contribution in [1.82, 2.24) is 9.88 Å². The third-order valence-corrected chi connectivity index (χ3v) is 4.63. The van der Waals surface area contributed by atoms with Gasteiger partial charge in [-0.2, -0.15) is 0 Å². The summed E-state index contributed by atoms with van der Waals surface area (Å²) in [7, 11) is 0. The van der Waals surface area contributed by atoms with Crippen LogP contribution in [-0.2, 0) is 6.42 Å². The maximum Gasteiger partial charge on any atom is 0.273 e. The number of halogens is 1. The minimum atomic E-state index is 0. The van der Waals surface area contributed by atoms with Crippen molar-refractivity contribution in [3.05, 3.63) is 16.1 Å². The number of hydrogen-bond donors (Lipinski definition) is 1. The molecule has 1 amide bonds. The summed E-state index contributed by atoms with van der Waals surface area (Å²) in [5, 5.41) is 2.85. The van der Waals surface area contributed by atoms with Crippen LogP contribution in [0.4, 0.5) is 0 Å². The second-order valence-corrected chi connectivity index (χ2v) is 6.90. The van der Waals surface area contributed by atoms with Crippen molar-refractivity contribution in [2.45, 2.75) is 52.0 Å². The van der Waals surface area contributed by atoms with Gasteiger partial charge >= 0.3 is 0 Å². The first-order valence-corrected chi connectivity index (χ1v) is 8.45. The van der Waals surface area contributed by atoms with Gasteiger partial charge in [0.15, 0.2) is 0 Å². The van der Waals surface area contributed by atoms with Gasteiger partial charge in [0, 0.05) is 24.4 Å². The Bertz CT molecular complexity index is 444. The Kier molecular flexibility index (Phi) is 7.63. The number of thiazole rings is 1. The van der Waals surface area contributed by atoms with Gasteiger partial charge in [0.25, 0.3) is 5.91 Å². The zero-order valence-electron chi connectivity index (χ0n) is 12.9. The number of carbonyl (C=O) groups is 1. The van der Waals surface area contributed by atoms with E-state index in [4.69, 9.17) is 5.73 Å². The molecule has 1 saturated carbocycles. The summed E-state index contributed by atoms with van der Waals surface area (Å²) >= 11 is 1.54. The van der Waals surface area contributed by atoms with Gasteiger partial charge in [-0.15, -0.1) is 23.7 Å². The minimum absolute atomic E-state index is 0. The first-order chi connectivity index (χ1) is 9.61. The molecule has 1 aliphatic rings. The zero-order valence-corrected chi connectivity index (χ0v) is 14.5. The van der Waals surface area contributed by atoms with Gasteiger partial charge in [-0.25, -0.2) is 4.98 Å². The lowest BCUT2D eigenvalue weighted by Gasteiger charge is -2.30. The molecular formula is C15H26ClN3OS. The maximum atomic E-state index is 12.7. The summed E-state index contributed by atoms with van der Waals surface area (Å²) in [4.78, 5) is 19.2. The fraction of sp³-hybridized carbons (Fsp3) is 0.733. The topological polar surface area (TPSA) is 59.2 Å². The molecule has 2 N–H and O–H groups in total. The van der Waals surface area contributed by atoms with E-state index in [-0.39, 0.29) is 18.3 Å². The smallest absolute Gasteiger partial charge is 0.273 e. The van der Waals surface area contributed by atoms with Crippen molar-refractivity contribution in [2.75, 3.05) is 13.1 Å². The van der Waals surface area contributed by atoms with Crippen molar-refractivity contribution in [3.63, 3.8) is 0 Å². The van der Waals surface area contributed by atoms with Crippen LogP contribution in [0.5, 0.6) is 0 Å². The van der Waals surface area contributed by atoms with E-state index >= 15 is 0 Å². The van der Waals surface area contributed by atoms with Gasteiger partial charge in [0.2, 0.25) is 0 Å². The normalized spacial score (nSPS) is 15.2. The minimum Gasteiger partial charge on any atom is -0.334 e. The monoisotopic (exact) mass is 331 g/mol. The Hall–Kier alpha value is -0.650. The van der Waals surface area contributed by atoms with E-state index in [1.807, 2.05) is 5.38 Å². The van der Waals surface area contributed by atoms with Crippen molar-refractivity contribution in [2.24, 2.45) is 11.7 Å². The molecule has 0 spiro atoms. The zero-order chi connectivity index (χ0) is 14.5. The van der Waals surface area contributed by atoms with Crippen LogP contribution in [0.2, 0.25) is 0 Å². The molecule has 0 saturated heterocycles. The number of hydrogen-bond acceptors (Lipinski definition) is 4. The Morgan fingerprint density at radius 3 is 2.71 bits per heavy atom. The standard InChI is InChI=1S/C15H25N3OS.ClH/c1-11(2)9-18(12-5-3-4-6-12)15(19)13-10-20-14(17-13)7-8-16;/h10-12H,3-9,16H2,1-2H3;1H. The number of nitrogens with zero attached hydrogens (tertiary/aromatic N) is 2. The van der Waals surface area contributed by atoms with Crippen LogP contribution in [0.25, 0.3) is 0 Å². The molecule has 0 bridgehead atoms. The highest BCUT2D eigenvalue weighted by Gasteiger charge is 2.29. The maximum absolute atomic E-state index is 12.7. The summed E-state index contributed by atoms with van der Waals surface area (Å²) in [6.07, 6.45) is 5.51. The SMILES string of the molecule is CC(C)CN(C(=O)c1csc(CCN)n1)C1CCCC1.Cl. The largest absolute Gasteiger partial charge is 0.334 e. The van der Waals surface area contributed by atoms with Gasteiger partial charge in [-0.3, -0.25) is 4.79 Å². The molecule has 0 aliphatic heterocycles. The molecule has 1 aromatic rings. The Morgan fingerprint density at radius 2 is 2.14 bits per heavy atom. The molecule has 21 heavy (non-hydrogen) atoms. The quantitative estimate of drug-likeness (QED) is 0.871. The highest BCUT2D eigenvalue weighted by Crippen LogP contribution is 2.26. The molecule has 1 heterocycles. The van der Waals surface area contributed by atoms with Crippen molar-refractivity contribution >= 4 is 29.7 Å². The molecule has 4 nitrogen and oxygen atoms in total. The Labute approximate surface area is 137 Å². The summed E-state index contributed by atoms with van der Waals surface area (Å²) < 4.78 is 0. The molecule has 1 aromatic heterocycles. The molecule has 0 atom stereocenters. The van der Waals surface area contributed by atoms with Crippen LogP contribution < -0.4 is 5.73 Å². The average molecular weight is 332 g/mol. The van der Waals surface area contributed by atoms with Gasteiger partial charge < -0.3 is 10.6 Å². The number of amides is 1. The number of rotatable bonds is 6. The van der Waals surface area contributed by atoms with E-state index in [0.29, 0.717) is 24.2 Å². The van der Waals surface area contributed by atoms with Crippen LogP contribution in [0.3, 0.4) is 0 Å². The lowest BCUT2D eigenvalue weighted by atomic mass is 10.1. The second-order valence-electron chi connectivity index (χ2n) is 5.95. The van der Waals surface area contributed by atoms with Crippen LogP contribution in [0, 0.1) is 5.92 Å². The number of carbonyl (C=O) groups excluding carboxylic acids is 1. The van der Waals surface area contributed by atoms with E-state index in [0.717, 1.165) is 30.8 Å². The fourth-order valence-electron chi connectivity index (χ4n) is 2.80. The lowest BCUT2D eigenvalue weighted by molar-refractivity contribution is 0.0650. The highest BCUT2D eigenvalue weighted by molar-refractivity contribution is 7.09. The molecular weight excluding hydrogens is 306 g/mol. The first kappa shape index (κ1) is 18.4. The Balaban J connectivity index is 0.00000220. The highest BCUT2D eigenvalue weighted by atomic mass is 35.5. The fourth-order valence-corrected chi connectivity index (χ4v) is 3.59. The van der Waals surface area contributed by atoms with Crippen molar-refractivity contribution in [1.29, 1.82) is 0 Å². The molecule has 1 aliphatic carbocycles. The van der Waals surface area contributed by atoms with Gasteiger partial charge in [0.1, 0.15) is 5.69 Å². The van der Waals surface area contributed by atoms with Gasteiger partial charge in [0.05, 0.1) is 5.01 Å². The third kappa shape index (κ3) is 4.94. The van der Waals surface area contributed by atoms with Gasteiger partial charge in [-0.1, -0.05) is 26.7 Å². The van der Waals surface area contributed by atoms with Crippen LogP contribution >= 0.6 is 23.7 Å². The summed E-state index contributed by atoms with van der Waals surface area (Å²) in [6.45, 7) is 5.74. The number of nitrogens with two attached hydrogens (primary N) is 1. The van der Waals surface area contributed by atoms with E-state index in [1.165, 1.54) is 12.8 Å². The molecule has 0 unspecified atom stereocenters. The summed E-state index contributed by atoms with van der Waals surface area (Å²) in [5.74, 6) is 0.590. The third-order valence-electron chi connectivity index (χ3n) is 3.72. The van der Waals surface area contributed by atoms with Gasteiger partial charge in [-0.05, 0) is 25.3 Å². The predicted octanol–water partition coefficient (Wildman–Crippen LogP) is 3.11. The molecule has 120 valence electrons.